The Morgan fingerprint density at radius 2 is 1.87 bits per heavy atom. The Hall–Kier alpha value is -3.97. The van der Waals surface area contributed by atoms with Crippen LogP contribution in [0.15, 0.2) is 42.5 Å². The zero-order chi connectivity index (χ0) is 31.0. The summed E-state index contributed by atoms with van der Waals surface area (Å²) in [4.78, 5) is 14.6. The fourth-order valence-corrected chi connectivity index (χ4v) is 8.50. The Morgan fingerprint density at radius 3 is 2.59 bits per heavy atom. The second-order valence-electron chi connectivity index (χ2n) is 14.6. The number of rotatable bonds is 7. The molecule has 5 heterocycles. The summed E-state index contributed by atoms with van der Waals surface area (Å²) in [6, 6.07) is 13.5. The van der Waals surface area contributed by atoms with Crippen molar-refractivity contribution in [3.05, 3.63) is 53.8 Å². The molecule has 0 radical (unpaired) electrons. The number of piperazine rings is 1. The molecular weight excluding hydrogens is 579 g/mol. The van der Waals surface area contributed by atoms with Gasteiger partial charge in [-0.25, -0.2) is 4.39 Å². The van der Waals surface area contributed by atoms with Crippen LogP contribution in [0, 0.1) is 29.0 Å². The Bertz CT molecular complexity index is 1900. The fraction of sp³-hybridized carbons (Fsp3) is 0.459. The Morgan fingerprint density at radius 1 is 1.04 bits per heavy atom. The first-order valence-electron chi connectivity index (χ1n) is 16.7. The number of aromatic hydroxyl groups is 1. The molecule has 9 heteroatoms. The highest BCUT2D eigenvalue weighted by molar-refractivity contribution is 6.04. The number of hydrogen-bond donors (Lipinski definition) is 3. The van der Waals surface area contributed by atoms with E-state index in [4.69, 9.17) is 21.1 Å². The zero-order valence-electron chi connectivity index (χ0n) is 26.0. The van der Waals surface area contributed by atoms with Gasteiger partial charge in [-0.2, -0.15) is 9.97 Å². The summed E-state index contributed by atoms with van der Waals surface area (Å²) >= 11 is 0. The average Bonchev–Trinajstić information content (AvgIpc) is 3.53. The second kappa shape index (κ2) is 10.5. The number of phenols is 1. The third-order valence-corrected chi connectivity index (χ3v) is 11.2. The maximum Gasteiger partial charge on any atom is 0.319 e. The number of benzene rings is 3. The number of nitrogens with zero attached hydrogens (tertiary/aromatic N) is 4. The molecule has 2 unspecified atom stereocenters. The monoisotopic (exact) mass is 618 g/mol. The van der Waals surface area contributed by atoms with Crippen molar-refractivity contribution < 1.29 is 14.2 Å². The van der Waals surface area contributed by atoms with Crippen LogP contribution in [0.25, 0.3) is 32.8 Å². The van der Waals surface area contributed by atoms with Gasteiger partial charge >= 0.3 is 6.01 Å². The maximum absolute atomic E-state index is 16.9. The van der Waals surface area contributed by atoms with Gasteiger partial charge in [0.25, 0.3) is 0 Å². The highest BCUT2D eigenvalue weighted by Crippen LogP contribution is 2.48. The quantitative estimate of drug-likeness (QED) is 0.258. The van der Waals surface area contributed by atoms with Gasteiger partial charge in [-0.05, 0) is 73.9 Å². The van der Waals surface area contributed by atoms with E-state index in [9.17, 15) is 5.11 Å². The van der Waals surface area contributed by atoms with Crippen LogP contribution in [0.2, 0.25) is 0 Å². The van der Waals surface area contributed by atoms with Crippen molar-refractivity contribution in [2.45, 2.75) is 44.2 Å². The third-order valence-electron chi connectivity index (χ3n) is 11.2. The summed E-state index contributed by atoms with van der Waals surface area (Å²) in [5.74, 6) is 3.03. The van der Waals surface area contributed by atoms with Crippen LogP contribution in [0.4, 0.5) is 10.2 Å². The van der Waals surface area contributed by atoms with Crippen LogP contribution in [0.1, 0.15) is 37.7 Å². The molecule has 3 N–H and O–H groups in total. The van der Waals surface area contributed by atoms with Crippen molar-refractivity contribution >= 4 is 27.5 Å². The van der Waals surface area contributed by atoms with Crippen LogP contribution >= 0.6 is 0 Å². The standard InChI is InChI=1S/C37H39FN6O2/c1-2-23-4-3-5-24-14-27(45)15-30(31(23)24)28-8-9-29-33(32(28)38)41-35(42-34(29)44-16-25-6-7-26(17-44)40-25)46-22-36(10-11-36)20-43-13-12-37(21-43)18-39-19-37/h1,3-5,8-9,14-15,25-26,39-40,45H,6-7,10-13,16-22H2. The number of anilines is 1. The van der Waals surface area contributed by atoms with E-state index in [-0.39, 0.29) is 22.7 Å². The van der Waals surface area contributed by atoms with Crippen LogP contribution < -0.4 is 20.3 Å². The van der Waals surface area contributed by atoms with Crippen LogP contribution in [0.3, 0.4) is 0 Å². The van der Waals surface area contributed by atoms with Gasteiger partial charge in [-0.3, -0.25) is 0 Å². The number of halogens is 1. The number of nitrogens with one attached hydrogen (secondary N) is 2. The van der Waals surface area contributed by atoms with Gasteiger partial charge in [0, 0.05) is 84.1 Å². The summed E-state index contributed by atoms with van der Waals surface area (Å²) in [5.41, 5.74) is 2.30. The Balaban J connectivity index is 1.10. The molecule has 46 heavy (non-hydrogen) atoms. The van der Waals surface area contributed by atoms with Crippen molar-refractivity contribution in [3.63, 3.8) is 0 Å². The normalized spacial score (nSPS) is 24.4. The highest BCUT2D eigenvalue weighted by atomic mass is 19.1. The van der Waals surface area contributed by atoms with Gasteiger partial charge in [-0.15, -0.1) is 6.42 Å². The van der Waals surface area contributed by atoms with Crippen molar-refractivity contribution in [2.75, 3.05) is 57.3 Å². The van der Waals surface area contributed by atoms with E-state index in [0.717, 1.165) is 88.1 Å². The largest absolute Gasteiger partial charge is 0.508 e. The van der Waals surface area contributed by atoms with Gasteiger partial charge in [0.15, 0.2) is 5.82 Å². The summed E-state index contributed by atoms with van der Waals surface area (Å²) in [5, 5.41) is 19.9. The highest BCUT2D eigenvalue weighted by Gasteiger charge is 2.49. The first-order valence-corrected chi connectivity index (χ1v) is 16.7. The summed E-state index contributed by atoms with van der Waals surface area (Å²) in [7, 11) is 0. The predicted octanol–water partition coefficient (Wildman–Crippen LogP) is 4.67. The average molecular weight is 619 g/mol. The first-order chi connectivity index (χ1) is 22.4. The number of phenolic OH excluding ortho intramolecular Hbond substituents is 1. The molecule has 4 aliphatic heterocycles. The lowest BCUT2D eigenvalue weighted by Crippen LogP contribution is -2.54. The zero-order valence-corrected chi connectivity index (χ0v) is 26.0. The smallest absolute Gasteiger partial charge is 0.319 e. The molecule has 1 saturated carbocycles. The molecule has 8 nitrogen and oxygen atoms in total. The van der Waals surface area contributed by atoms with Gasteiger partial charge < -0.3 is 30.3 Å². The number of ether oxygens (including phenoxy) is 1. The SMILES string of the molecule is C#Cc1cccc2cc(O)cc(-c3ccc4c(N5CC6CCC(C5)N6)nc(OCC5(CN6CCC7(CNC7)C6)CC5)nc4c3F)c12. The van der Waals surface area contributed by atoms with Crippen molar-refractivity contribution in [3.8, 4) is 35.2 Å². The van der Waals surface area contributed by atoms with E-state index in [2.05, 4.69) is 26.4 Å². The van der Waals surface area contributed by atoms with Crippen molar-refractivity contribution in [2.24, 2.45) is 10.8 Å². The van der Waals surface area contributed by atoms with Crippen LogP contribution in [0.5, 0.6) is 11.8 Å². The fourth-order valence-electron chi connectivity index (χ4n) is 8.50. The maximum atomic E-state index is 16.9. The second-order valence-corrected chi connectivity index (χ2v) is 14.6. The molecule has 2 atom stereocenters. The van der Waals surface area contributed by atoms with Crippen molar-refractivity contribution in [1.29, 1.82) is 0 Å². The molecule has 4 aromatic rings. The lowest BCUT2D eigenvalue weighted by Gasteiger charge is -2.39. The Kier molecular flexibility index (Phi) is 6.47. The molecule has 5 aliphatic rings. The molecule has 236 valence electrons. The molecule has 1 aromatic heterocycles. The van der Waals surface area contributed by atoms with E-state index in [1.165, 1.54) is 6.42 Å². The molecule has 1 spiro atoms. The van der Waals surface area contributed by atoms with Gasteiger partial charge in [0.1, 0.15) is 17.1 Å². The topological polar surface area (TPSA) is 85.8 Å². The molecule has 3 aromatic carbocycles. The van der Waals surface area contributed by atoms with Gasteiger partial charge in [0.05, 0.1) is 6.61 Å². The van der Waals surface area contributed by atoms with E-state index >= 15 is 4.39 Å². The van der Waals surface area contributed by atoms with Crippen molar-refractivity contribution in [1.82, 2.24) is 25.5 Å². The molecule has 9 rings (SSSR count). The number of aromatic nitrogens is 2. The minimum atomic E-state index is -0.472. The molecule has 4 saturated heterocycles. The lowest BCUT2D eigenvalue weighted by atomic mass is 9.81. The molecular formula is C37H39FN6O2. The Labute approximate surface area is 268 Å². The molecule has 2 bridgehead atoms. The van der Waals surface area contributed by atoms with Crippen LogP contribution in [-0.2, 0) is 0 Å². The number of terminal acetylenes is 1. The summed E-state index contributed by atoms with van der Waals surface area (Å²) in [6.45, 7) is 7.73. The summed E-state index contributed by atoms with van der Waals surface area (Å²) in [6.07, 6.45) is 11.6. The van der Waals surface area contributed by atoms with Gasteiger partial charge in [0.2, 0.25) is 0 Å². The predicted molar refractivity (Wildman–Crippen MR) is 178 cm³/mol. The van der Waals surface area contributed by atoms with Gasteiger partial charge in [-0.1, -0.05) is 24.1 Å². The number of fused-ring (bicyclic) bond motifs is 4. The minimum absolute atomic E-state index is 0.0482. The number of hydrogen-bond acceptors (Lipinski definition) is 8. The van der Waals surface area contributed by atoms with E-state index in [0.29, 0.717) is 46.2 Å². The molecule has 1 aliphatic carbocycles. The van der Waals surface area contributed by atoms with E-state index in [1.807, 2.05) is 24.3 Å². The first kappa shape index (κ1) is 28.3. The number of likely N-dealkylation sites (tertiary alicyclic amines) is 1. The molecule has 0 amide bonds. The lowest BCUT2D eigenvalue weighted by molar-refractivity contribution is 0.137. The van der Waals surface area contributed by atoms with Crippen LogP contribution in [-0.4, -0.2) is 84.5 Å². The third kappa shape index (κ3) is 4.77. The van der Waals surface area contributed by atoms with E-state index in [1.54, 1.807) is 18.2 Å². The summed E-state index contributed by atoms with van der Waals surface area (Å²) < 4.78 is 23.3. The molecule has 5 fully saturated rings. The van der Waals surface area contributed by atoms with E-state index < -0.39 is 5.82 Å². The minimum Gasteiger partial charge on any atom is -0.508 e.